The molecule has 13 heteroatoms. The van der Waals surface area contributed by atoms with Gasteiger partial charge < -0.3 is 9.20 Å². The first-order valence-corrected chi connectivity index (χ1v) is 23.3. The molecule has 0 saturated carbocycles. The quantitative estimate of drug-likeness (QED) is 0.124. The number of alkyl halides is 3. The van der Waals surface area contributed by atoms with E-state index in [4.69, 9.17) is 17.6 Å². The minimum atomic E-state index is -6.09. The van der Waals surface area contributed by atoms with E-state index in [-0.39, 0.29) is 16.8 Å². The predicted octanol–water partition coefficient (Wildman–Crippen LogP) is 8.52. The van der Waals surface area contributed by atoms with Crippen LogP contribution in [0.2, 0.25) is 26.2 Å². The molecular formula is C23H54CoF3NO3P2SSi2+2. The summed E-state index contributed by atoms with van der Waals surface area (Å²) >= 11 is 0. The molecule has 0 bridgehead atoms. The molecule has 1 radical (unpaired) electrons. The van der Waals surface area contributed by atoms with Gasteiger partial charge in [-0.3, -0.25) is 0 Å². The van der Waals surface area contributed by atoms with Gasteiger partial charge in [0, 0.05) is 27.4 Å². The fraction of sp³-hybridized carbons (Fsp3) is 1.00. The van der Waals surface area contributed by atoms with Gasteiger partial charge in [0.15, 0.2) is 10.1 Å². The van der Waals surface area contributed by atoms with Gasteiger partial charge in [0.25, 0.3) is 0 Å². The van der Waals surface area contributed by atoms with Crippen molar-refractivity contribution in [1.29, 1.82) is 0 Å². The molecule has 0 aliphatic rings. The van der Waals surface area contributed by atoms with E-state index in [0.29, 0.717) is 20.6 Å². The zero-order valence-electron chi connectivity index (χ0n) is 25.5. The molecule has 0 aliphatic heterocycles. The second-order valence-corrected chi connectivity index (χ2v) is 35.2. The van der Waals surface area contributed by atoms with Crippen LogP contribution in [0.1, 0.15) is 83.1 Å². The van der Waals surface area contributed by atoms with Gasteiger partial charge in [0.05, 0.1) is 20.6 Å². The number of hydrogen-bond acceptors (Lipinski definition) is 3. The third-order valence-electron chi connectivity index (χ3n) is 5.73. The molecular weight excluding hydrogens is 604 g/mol. The van der Waals surface area contributed by atoms with Gasteiger partial charge in [0.1, 0.15) is 0 Å². The Bertz CT molecular complexity index is 713. The molecule has 0 amide bonds. The van der Waals surface area contributed by atoms with Gasteiger partial charge in [-0.2, -0.15) is 13.2 Å². The van der Waals surface area contributed by atoms with E-state index in [2.05, 4.69) is 109 Å². The average Bonchev–Trinajstić information content (AvgIpc) is 2.44. The van der Waals surface area contributed by atoms with Crippen LogP contribution in [0.5, 0.6) is 0 Å². The second kappa shape index (κ2) is 13.4. The van der Waals surface area contributed by atoms with Crippen molar-refractivity contribution in [3.63, 3.8) is 0 Å². The van der Waals surface area contributed by atoms with Crippen molar-refractivity contribution >= 4 is 42.4 Å². The second-order valence-electron chi connectivity index (χ2n) is 14.9. The summed E-state index contributed by atoms with van der Waals surface area (Å²) in [5.74, 6) is 2.85. The molecule has 36 heavy (non-hydrogen) atoms. The van der Waals surface area contributed by atoms with Crippen LogP contribution in [0, 0.1) is 0 Å². The molecule has 0 fully saturated rings. The Morgan fingerprint density at radius 3 is 0.917 bits per heavy atom. The largest absolute Gasteiger partial charge is 2.00 e. The molecule has 0 spiro atoms. The van der Waals surface area contributed by atoms with Crippen LogP contribution >= 0.6 is 15.8 Å². The number of nitrogens with zero attached hydrogens (tertiary/aromatic N) is 1. The van der Waals surface area contributed by atoms with Gasteiger partial charge in [-0.05, 0) is 99.6 Å². The van der Waals surface area contributed by atoms with Gasteiger partial charge >= 0.3 is 22.3 Å². The minimum Gasteiger partial charge on any atom is -0.741 e. The Kier molecular flexibility index (Phi) is 15.6. The Labute approximate surface area is 236 Å². The first kappa shape index (κ1) is 41.9. The van der Waals surface area contributed by atoms with Crippen LogP contribution in [0.3, 0.4) is 0 Å². The zero-order chi connectivity index (χ0) is 29.3. The van der Waals surface area contributed by atoms with Gasteiger partial charge in [0.2, 0.25) is 0 Å². The molecule has 0 aromatic heterocycles. The third-order valence-corrected chi connectivity index (χ3v) is 28.1. The number of rotatable bonds is 6. The summed E-state index contributed by atoms with van der Waals surface area (Å²) in [4.78, 5) is 0. The van der Waals surface area contributed by atoms with Crippen LogP contribution in [0.15, 0.2) is 0 Å². The van der Waals surface area contributed by atoms with Crippen molar-refractivity contribution in [3.8, 4) is 0 Å². The Hall–Kier alpha value is 1.46. The first-order valence-electron chi connectivity index (χ1n) is 12.1. The van der Waals surface area contributed by atoms with Crippen LogP contribution in [-0.4, -0.2) is 67.1 Å². The number of hydrogen-bond donors (Lipinski definition) is 0. The van der Waals surface area contributed by atoms with Crippen LogP contribution < -0.4 is 0 Å². The Morgan fingerprint density at radius 2 is 0.806 bits per heavy atom. The van der Waals surface area contributed by atoms with Crippen molar-refractivity contribution in [3.05, 3.63) is 4.65 Å². The van der Waals surface area contributed by atoms with E-state index >= 15 is 0 Å². The molecule has 4 nitrogen and oxygen atoms in total. The molecule has 221 valence electrons. The topological polar surface area (TPSA) is 71.3 Å². The standard InChI is InChI=1S/C22H52NP2Si2.CHF3O3S.Co/c1-19(2,3)24(20(4,5)6)17-26(13,14)23-27(15,16)18-25(21(7,8)9)22(10,11)12;2-1(3,4)8(5,6)7;/h17-18H2,1-16H3;(H,5,6,7);/q-1;;+2/p+1. The molecule has 0 atom stereocenters. The maximum atomic E-state index is 10.7. The normalized spacial score (nSPS) is 14.9. The maximum Gasteiger partial charge on any atom is 2.00 e. The van der Waals surface area contributed by atoms with E-state index in [0.717, 1.165) is 0 Å². The van der Waals surface area contributed by atoms with E-state index < -0.39 is 47.9 Å². The van der Waals surface area contributed by atoms with Crippen molar-refractivity contribution < 1.29 is 42.9 Å². The third kappa shape index (κ3) is 16.5. The SMILES string of the molecule is CC(C)(C)[PH+](C[Si](C)(C)[N-][Si](C)(C)C[PH+](C(C)(C)C)C(C)(C)C)C(C)(C)C.O=S(=O)([O-])C(F)(F)F.[Co+2]. The average molecular weight is 659 g/mol. The van der Waals surface area contributed by atoms with E-state index in [9.17, 15) is 13.2 Å². The van der Waals surface area contributed by atoms with Gasteiger partial charge in [-0.15, -0.1) is 0 Å². The van der Waals surface area contributed by atoms with Crippen LogP contribution in [0.25, 0.3) is 4.65 Å². The number of halogens is 3. The van der Waals surface area contributed by atoms with Crippen molar-refractivity contribution in [1.82, 2.24) is 0 Å². The van der Waals surface area contributed by atoms with Crippen molar-refractivity contribution in [2.24, 2.45) is 0 Å². The summed E-state index contributed by atoms with van der Waals surface area (Å²) in [6, 6.07) is 0. The summed E-state index contributed by atoms with van der Waals surface area (Å²) in [5, 5.41) is 1.78. The Morgan fingerprint density at radius 1 is 0.639 bits per heavy atom. The monoisotopic (exact) mass is 658 g/mol. The first-order chi connectivity index (χ1) is 14.6. The molecule has 0 saturated heterocycles. The predicted molar refractivity (Wildman–Crippen MR) is 159 cm³/mol. The molecule has 0 N–H and O–H groups in total. The van der Waals surface area contributed by atoms with E-state index in [1.54, 1.807) is 0 Å². The summed E-state index contributed by atoms with van der Waals surface area (Å²) in [7, 11) is -10.2. The van der Waals surface area contributed by atoms with Crippen molar-refractivity contribution in [2.45, 2.75) is 135 Å². The van der Waals surface area contributed by atoms with Gasteiger partial charge in [-0.25, -0.2) is 8.42 Å². The minimum absolute atomic E-state index is 0. The molecule has 0 heterocycles. The van der Waals surface area contributed by atoms with Crippen LogP contribution in [0.4, 0.5) is 13.2 Å². The fourth-order valence-electron chi connectivity index (χ4n) is 5.07. The summed E-state index contributed by atoms with van der Waals surface area (Å²) in [6.07, 6.45) is 0. The molecule has 0 aliphatic carbocycles. The molecule has 0 unspecified atom stereocenters. The molecule has 0 aromatic rings. The summed E-state index contributed by atoms with van der Waals surface area (Å²) in [6.45, 7) is 39.9. The zero-order valence-corrected chi connectivity index (χ0v) is 31.3. The van der Waals surface area contributed by atoms with Gasteiger partial charge in [-0.1, -0.05) is 26.2 Å². The van der Waals surface area contributed by atoms with E-state index in [1.807, 2.05) is 0 Å². The van der Waals surface area contributed by atoms with E-state index in [1.165, 1.54) is 11.6 Å². The Balaban J connectivity index is -0.00000104. The maximum absolute atomic E-state index is 10.7. The molecule has 0 aromatic carbocycles. The van der Waals surface area contributed by atoms with Crippen LogP contribution in [-0.2, 0) is 26.9 Å². The smallest absolute Gasteiger partial charge is 0.741 e. The molecule has 0 rings (SSSR count). The summed E-state index contributed by atoms with van der Waals surface area (Å²) < 4.78 is 64.7. The summed E-state index contributed by atoms with van der Waals surface area (Å²) in [5.41, 5.74) is -5.65. The fourth-order valence-corrected chi connectivity index (χ4v) is 33.6. The van der Waals surface area contributed by atoms with Crippen molar-refractivity contribution in [2.75, 3.05) is 11.6 Å².